The minimum Gasteiger partial charge on any atom is -0.279 e. The van der Waals surface area contributed by atoms with Crippen molar-refractivity contribution in [3.05, 3.63) is 63.8 Å². The molecule has 1 unspecified atom stereocenters. The molecule has 2 heterocycles. The van der Waals surface area contributed by atoms with Gasteiger partial charge in [-0.2, -0.15) is 0 Å². The molecule has 6 nitrogen and oxygen atoms in total. The Hall–Kier alpha value is -2.41. The van der Waals surface area contributed by atoms with Gasteiger partial charge in [-0.05, 0) is 42.3 Å². The number of anilines is 1. The summed E-state index contributed by atoms with van der Waals surface area (Å²) in [5.74, 6) is 0.974. The number of nitrogens with zero attached hydrogens (tertiary/aromatic N) is 3. The van der Waals surface area contributed by atoms with Crippen molar-refractivity contribution < 1.29 is 9.72 Å². The molecule has 7 heteroatoms. The van der Waals surface area contributed by atoms with Crippen LogP contribution in [0.3, 0.4) is 0 Å². The molecular weight excluding hydrogens is 302 g/mol. The van der Waals surface area contributed by atoms with Crippen LogP contribution in [0, 0.1) is 17.0 Å². The fourth-order valence-corrected chi connectivity index (χ4v) is 3.49. The van der Waals surface area contributed by atoms with E-state index < -0.39 is 4.92 Å². The van der Waals surface area contributed by atoms with Gasteiger partial charge in [0.1, 0.15) is 11.2 Å². The predicted octanol–water partition coefficient (Wildman–Crippen LogP) is 3.08. The number of aromatic nitrogens is 1. The normalized spacial score (nSPS) is 17.8. The smallest absolute Gasteiger partial charge is 0.269 e. The number of hydrogen-bond acceptors (Lipinski definition) is 5. The van der Waals surface area contributed by atoms with E-state index in [9.17, 15) is 14.9 Å². The van der Waals surface area contributed by atoms with Gasteiger partial charge in [0, 0.05) is 18.3 Å². The first-order valence-corrected chi connectivity index (χ1v) is 7.72. The Balaban J connectivity index is 1.95. The lowest BCUT2D eigenvalue weighted by Gasteiger charge is -2.23. The van der Waals surface area contributed by atoms with Crippen molar-refractivity contribution in [1.29, 1.82) is 0 Å². The number of non-ortho nitro benzene ring substituents is 1. The van der Waals surface area contributed by atoms with Crippen LogP contribution in [0.15, 0.2) is 42.6 Å². The Morgan fingerprint density at radius 1 is 1.32 bits per heavy atom. The number of nitro benzene ring substituents is 1. The first kappa shape index (κ1) is 14.5. The Labute approximate surface area is 131 Å². The van der Waals surface area contributed by atoms with Crippen molar-refractivity contribution in [2.24, 2.45) is 0 Å². The standard InChI is InChI=1S/C15H13N3O3S/c1-10-6-7-16-13(8-10)17-14(19)9-22-15(17)11-2-4-12(5-3-11)18(20)21/h2-8,15H,9H2,1H3. The van der Waals surface area contributed by atoms with Crippen LogP contribution < -0.4 is 4.90 Å². The molecule has 1 aliphatic heterocycles. The summed E-state index contributed by atoms with van der Waals surface area (Å²) in [6.45, 7) is 1.94. The first-order valence-electron chi connectivity index (χ1n) is 6.67. The van der Waals surface area contributed by atoms with E-state index in [4.69, 9.17) is 0 Å². The molecule has 22 heavy (non-hydrogen) atoms. The van der Waals surface area contributed by atoms with Gasteiger partial charge in [-0.15, -0.1) is 11.8 Å². The van der Waals surface area contributed by atoms with Crippen LogP contribution >= 0.6 is 11.8 Å². The molecule has 3 rings (SSSR count). The highest BCUT2D eigenvalue weighted by molar-refractivity contribution is 8.00. The van der Waals surface area contributed by atoms with Crippen LogP contribution in [-0.2, 0) is 4.79 Å². The Morgan fingerprint density at radius 3 is 2.68 bits per heavy atom. The Bertz CT molecular complexity index is 733. The van der Waals surface area contributed by atoms with E-state index >= 15 is 0 Å². The van der Waals surface area contributed by atoms with Gasteiger partial charge in [0.25, 0.3) is 5.69 Å². The predicted molar refractivity (Wildman–Crippen MR) is 84.8 cm³/mol. The summed E-state index contributed by atoms with van der Waals surface area (Å²) in [6, 6.07) is 10.0. The van der Waals surface area contributed by atoms with Gasteiger partial charge in [0.05, 0.1) is 10.7 Å². The highest BCUT2D eigenvalue weighted by Gasteiger charge is 2.35. The third-order valence-corrected chi connectivity index (χ3v) is 4.62. The lowest BCUT2D eigenvalue weighted by atomic mass is 10.2. The second-order valence-corrected chi connectivity index (χ2v) is 6.04. The molecule has 112 valence electrons. The maximum Gasteiger partial charge on any atom is 0.269 e. The minimum absolute atomic E-state index is 0.00791. The van der Waals surface area contributed by atoms with E-state index in [1.807, 2.05) is 19.1 Å². The molecule has 0 saturated carbocycles. The fraction of sp³-hybridized carbons (Fsp3) is 0.200. The molecule has 1 saturated heterocycles. The summed E-state index contributed by atoms with van der Waals surface area (Å²) in [5.41, 5.74) is 1.92. The topological polar surface area (TPSA) is 76.3 Å². The highest BCUT2D eigenvalue weighted by Crippen LogP contribution is 2.41. The second kappa shape index (κ2) is 5.76. The summed E-state index contributed by atoms with van der Waals surface area (Å²) in [5, 5.41) is 10.5. The van der Waals surface area contributed by atoms with Crippen LogP contribution in [0.2, 0.25) is 0 Å². The molecule has 0 radical (unpaired) electrons. The molecular formula is C15H13N3O3S. The van der Waals surface area contributed by atoms with Crippen molar-refractivity contribution in [3.8, 4) is 0 Å². The average Bonchev–Trinajstić information content (AvgIpc) is 2.89. The number of nitro groups is 1. The van der Waals surface area contributed by atoms with E-state index in [0.29, 0.717) is 11.6 Å². The number of benzene rings is 1. The lowest BCUT2D eigenvalue weighted by Crippen LogP contribution is -2.28. The molecule has 1 atom stereocenters. The number of amides is 1. The quantitative estimate of drug-likeness (QED) is 0.642. The fourth-order valence-electron chi connectivity index (χ4n) is 2.33. The zero-order valence-electron chi connectivity index (χ0n) is 11.8. The number of carbonyl (C=O) groups excluding carboxylic acids is 1. The number of carbonyl (C=O) groups is 1. The third kappa shape index (κ3) is 2.67. The Kier molecular flexibility index (Phi) is 3.81. The molecule has 1 aromatic carbocycles. The van der Waals surface area contributed by atoms with Gasteiger partial charge < -0.3 is 0 Å². The maximum absolute atomic E-state index is 12.2. The maximum atomic E-state index is 12.2. The largest absolute Gasteiger partial charge is 0.279 e. The Morgan fingerprint density at radius 2 is 2.05 bits per heavy atom. The molecule has 1 fully saturated rings. The van der Waals surface area contributed by atoms with E-state index in [1.54, 1.807) is 23.2 Å². The molecule has 2 aromatic rings. The zero-order chi connectivity index (χ0) is 15.7. The van der Waals surface area contributed by atoms with Crippen molar-refractivity contribution in [1.82, 2.24) is 4.98 Å². The van der Waals surface area contributed by atoms with Crippen molar-refractivity contribution in [3.63, 3.8) is 0 Å². The third-order valence-electron chi connectivity index (χ3n) is 3.40. The number of hydrogen-bond donors (Lipinski definition) is 0. The summed E-state index contributed by atoms with van der Waals surface area (Å²) in [7, 11) is 0. The van der Waals surface area contributed by atoms with Gasteiger partial charge in [0.2, 0.25) is 5.91 Å². The van der Waals surface area contributed by atoms with Crippen molar-refractivity contribution >= 4 is 29.2 Å². The first-order chi connectivity index (χ1) is 10.6. The molecule has 1 aromatic heterocycles. The average molecular weight is 315 g/mol. The monoisotopic (exact) mass is 315 g/mol. The molecule has 1 amide bonds. The van der Waals surface area contributed by atoms with E-state index in [2.05, 4.69) is 4.98 Å². The van der Waals surface area contributed by atoms with Gasteiger partial charge in [-0.3, -0.25) is 19.8 Å². The van der Waals surface area contributed by atoms with Crippen LogP contribution in [-0.4, -0.2) is 21.6 Å². The summed E-state index contributed by atoms with van der Waals surface area (Å²) in [4.78, 5) is 28.4. The van der Waals surface area contributed by atoms with Gasteiger partial charge in [-0.25, -0.2) is 4.98 Å². The van der Waals surface area contributed by atoms with Crippen molar-refractivity contribution in [2.45, 2.75) is 12.3 Å². The van der Waals surface area contributed by atoms with Gasteiger partial charge >= 0.3 is 0 Å². The van der Waals surface area contributed by atoms with Crippen molar-refractivity contribution in [2.75, 3.05) is 10.7 Å². The van der Waals surface area contributed by atoms with Gasteiger partial charge in [0.15, 0.2) is 0 Å². The molecule has 0 aliphatic carbocycles. The second-order valence-electron chi connectivity index (χ2n) is 4.97. The highest BCUT2D eigenvalue weighted by atomic mass is 32.2. The SMILES string of the molecule is Cc1ccnc(N2C(=O)CSC2c2ccc([N+](=O)[O-])cc2)c1. The molecule has 0 N–H and O–H groups in total. The van der Waals surface area contributed by atoms with Crippen LogP contribution in [0.5, 0.6) is 0 Å². The lowest BCUT2D eigenvalue weighted by molar-refractivity contribution is -0.384. The van der Waals surface area contributed by atoms with Crippen LogP contribution in [0.25, 0.3) is 0 Å². The number of rotatable bonds is 3. The summed E-state index contributed by atoms with van der Waals surface area (Å²) in [6.07, 6.45) is 1.67. The van der Waals surface area contributed by atoms with Crippen LogP contribution in [0.4, 0.5) is 11.5 Å². The number of thioether (sulfide) groups is 1. The van der Waals surface area contributed by atoms with Crippen LogP contribution in [0.1, 0.15) is 16.5 Å². The molecule has 1 aliphatic rings. The van der Waals surface area contributed by atoms with E-state index in [1.165, 1.54) is 23.9 Å². The number of pyridine rings is 1. The van der Waals surface area contributed by atoms with E-state index in [-0.39, 0.29) is 17.0 Å². The molecule has 0 bridgehead atoms. The van der Waals surface area contributed by atoms with Gasteiger partial charge in [-0.1, -0.05) is 0 Å². The molecule has 0 spiro atoms. The summed E-state index contributed by atoms with van der Waals surface area (Å²) >= 11 is 1.49. The number of aryl methyl sites for hydroxylation is 1. The van der Waals surface area contributed by atoms with E-state index in [0.717, 1.165) is 11.1 Å². The minimum atomic E-state index is -0.434. The summed E-state index contributed by atoms with van der Waals surface area (Å²) < 4.78 is 0. The zero-order valence-corrected chi connectivity index (χ0v) is 12.6.